The van der Waals surface area contributed by atoms with Crippen LogP contribution in [-0.2, 0) is 72.1 Å². The number of hydrogen-bond acceptors (Lipinski definition) is 14. The average molecular weight is 1870 g/mol. The minimum Gasteiger partial charge on any atom is -0.287 e. The van der Waals surface area contributed by atoms with Gasteiger partial charge in [0, 0.05) is 72.4 Å². The van der Waals surface area contributed by atoms with E-state index in [1.54, 1.807) is 0 Å². The molecule has 0 spiro atoms. The zero-order chi connectivity index (χ0) is 91.3. The number of aromatic nitrogens is 4. The summed E-state index contributed by atoms with van der Waals surface area (Å²) in [6.07, 6.45) is 34.3. The van der Waals surface area contributed by atoms with Crippen LogP contribution in [0.4, 0.5) is 22.7 Å². The van der Waals surface area contributed by atoms with Gasteiger partial charge in [-0.25, -0.2) is 19.9 Å². The second kappa shape index (κ2) is 38.9. The fourth-order valence-electron chi connectivity index (χ4n) is 22.5. The second-order valence-corrected chi connectivity index (χ2v) is 43.7. The van der Waals surface area contributed by atoms with Crippen molar-refractivity contribution in [2.24, 2.45) is 29.3 Å². The van der Waals surface area contributed by atoms with Crippen LogP contribution in [0.1, 0.15) is 319 Å². The van der Waals surface area contributed by atoms with E-state index in [0.29, 0.717) is 56.8 Å². The monoisotopic (exact) mass is 1870 g/mol. The van der Waals surface area contributed by atoms with Crippen molar-refractivity contribution in [2.45, 2.75) is 259 Å². The Morgan fingerprint density at radius 2 is 0.634 bits per heavy atom. The first kappa shape index (κ1) is 89.9. The highest BCUT2D eigenvalue weighted by atomic mass is 32.1. The SMILES string of the molecule is CCCCCCc1ccc(C2(c3ccc(CCCCCC)cc3)c3cc4c(cc3-c3sc(-c5sc(-c6c7c(cc8nc9c(nc68)-c6ccccc6C9=O)N=S=N7)cc5CC(CC)CCCC)cc32)C(c2ccc(CCCCCC)cc2)(c2ccc(CCCCCC)cc2)c2cc(-c3sc(-c5c6c(cc7nc8c(nc57)-c5ccccc5C8=O)N=S=N6)cc3CC(CC)CCCC)sc2-4)cc1. The van der Waals surface area contributed by atoms with E-state index in [9.17, 15) is 9.59 Å². The van der Waals surface area contributed by atoms with Crippen LogP contribution in [0.15, 0.2) is 212 Å². The van der Waals surface area contributed by atoms with Crippen molar-refractivity contribution < 1.29 is 9.59 Å². The van der Waals surface area contributed by atoms with Gasteiger partial charge in [0.1, 0.15) is 56.6 Å². The molecule has 2 aliphatic heterocycles. The number of unbranched alkanes of at least 4 members (excludes halogenated alkanes) is 14. The molecule has 2 unspecified atom stereocenters. The average Bonchev–Trinajstić information content (AvgIpc) is 1.50. The highest BCUT2D eigenvalue weighted by molar-refractivity contribution is 7.58. The van der Waals surface area contributed by atoms with Gasteiger partial charge >= 0.3 is 0 Å². The third kappa shape index (κ3) is 16.0. The molecule has 0 bridgehead atoms. The van der Waals surface area contributed by atoms with E-state index in [4.69, 9.17) is 37.4 Å². The lowest BCUT2D eigenvalue weighted by molar-refractivity contribution is 0.103. The van der Waals surface area contributed by atoms with Gasteiger partial charge in [-0.2, -0.15) is 17.5 Å². The van der Waals surface area contributed by atoms with E-state index in [1.165, 1.54) is 231 Å². The molecule has 9 aromatic carbocycles. The molecule has 0 saturated carbocycles. The number of ketones is 2. The smallest absolute Gasteiger partial charge is 0.214 e. The molecule has 15 aromatic rings. The molecule has 6 aromatic heterocycles. The number of carbonyl (C=O) groups is 2. The molecular formula is C118H118N8O2S6. The Bertz CT molecular complexity index is 6670. The molecule has 6 aliphatic rings. The van der Waals surface area contributed by atoms with Crippen molar-refractivity contribution >= 4 is 124 Å². The van der Waals surface area contributed by atoms with E-state index in [-0.39, 0.29) is 11.6 Å². The number of thiophene rings is 4. The molecule has 134 heavy (non-hydrogen) atoms. The number of benzene rings is 9. The van der Waals surface area contributed by atoms with E-state index in [0.717, 1.165) is 169 Å². The van der Waals surface area contributed by atoms with Gasteiger partial charge in [0.05, 0.1) is 44.6 Å². The van der Waals surface area contributed by atoms with Crippen LogP contribution in [0.2, 0.25) is 0 Å². The van der Waals surface area contributed by atoms with Gasteiger partial charge in [0.25, 0.3) is 0 Å². The lowest BCUT2D eigenvalue weighted by Gasteiger charge is -2.36. The van der Waals surface area contributed by atoms with Gasteiger partial charge in [-0.15, -0.1) is 45.3 Å². The number of aryl methyl sites for hydroxylation is 4. The zero-order valence-electron chi connectivity index (χ0n) is 78.7. The lowest BCUT2D eigenvalue weighted by Crippen LogP contribution is -2.30. The van der Waals surface area contributed by atoms with Gasteiger partial charge in [0.2, 0.25) is 11.6 Å². The molecule has 0 amide bonds. The van der Waals surface area contributed by atoms with Crippen LogP contribution >= 0.6 is 45.3 Å². The molecule has 16 heteroatoms. The maximum absolute atomic E-state index is 14.3. The summed E-state index contributed by atoms with van der Waals surface area (Å²) < 4.78 is 20.2. The largest absolute Gasteiger partial charge is 0.287 e. The van der Waals surface area contributed by atoms with Crippen LogP contribution in [0.25, 0.3) is 106 Å². The highest BCUT2D eigenvalue weighted by Gasteiger charge is 2.54. The quantitative estimate of drug-likeness (QED) is 0.0351. The summed E-state index contributed by atoms with van der Waals surface area (Å²) in [5.41, 5.74) is 32.4. The van der Waals surface area contributed by atoms with Gasteiger partial charge in [-0.3, -0.25) is 9.59 Å². The number of fused-ring (bicyclic) bond motifs is 16. The molecule has 2 atom stereocenters. The lowest BCUT2D eigenvalue weighted by atomic mass is 9.65. The Hall–Kier alpha value is -10.6. The first-order valence-corrected chi connectivity index (χ1v) is 55.0. The molecular weight excluding hydrogens is 1750 g/mol. The normalized spacial score (nSPS) is 14.4. The standard InChI is InChI=1S/C118H118N8O2S6/c1-9-17-23-27-37-73-45-53-79(54-46-73)117(80-55-47-74(48-56-80)38-28-24-18-10-2)89-65-88-90(66-87(89)115-91(117)67-99(131-115)113-77(61-71(15-7)35-21-13-5)63-97(129-113)101-105-93(69-95-107(101)125-133-123-95)119-109-103(121-105)83-41-31-33-43-85(83)111(109)127)118(81-57-49-75(50-58-81)39-29-25-19-11-3,82-59-51-76(52-60-82)40-30-26-20-12-4)92-68-100(132-116(88)92)114-78(62-72(16-8)36-22-14-6)64-98(130-114)102-106-94(70-96-108(102)126-134-124-96)120-110-104(122-106)84-42-32-34-44-86(84)112(110)128/h31-34,41-60,63-72H,9-30,35-40,61-62H2,1-8H3. The summed E-state index contributed by atoms with van der Waals surface area (Å²) in [5, 5.41) is 0. The third-order valence-corrected chi connectivity index (χ3v) is 36.0. The molecule has 0 fully saturated rings. The van der Waals surface area contributed by atoms with Crippen molar-refractivity contribution in [1.82, 2.24) is 19.9 Å². The molecule has 0 saturated heterocycles. The van der Waals surface area contributed by atoms with E-state index in [2.05, 4.69) is 189 Å². The topological polar surface area (TPSA) is 135 Å². The third-order valence-electron chi connectivity index (χ3n) is 29.9. The summed E-state index contributed by atoms with van der Waals surface area (Å²) in [7, 11) is 0. The minimum absolute atomic E-state index is 0.0923. The van der Waals surface area contributed by atoms with Crippen molar-refractivity contribution in [3.05, 3.63) is 295 Å². The Kier molecular flexibility index (Phi) is 26.1. The van der Waals surface area contributed by atoms with Crippen LogP contribution in [-0.4, -0.2) is 31.5 Å². The fourth-order valence-corrected chi connectivity index (χ4v) is 28.8. The minimum atomic E-state index is -0.790. The number of nitrogens with zero attached hydrogens (tertiary/aromatic N) is 8. The van der Waals surface area contributed by atoms with E-state index in [1.807, 2.05) is 106 Å². The molecule has 10 nitrogen and oxygen atoms in total. The maximum Gasteiger partial charge on any atom is 0.214 e. The first-order valence-electron chi connectivity index (χ1n) is 50.2. The van der Waals surface area contributed by atoms with Crippen LogP contribution in [0.5, 0.6) is 0 Å². The van der Waals surface area contributed by atoms with E-state index >= 15 is 0 Å². The maximum atomic E-state index is 14.3. The summed E-state index contributed by atoms with van der Waals surface area (Å²) >= 11 is 10.2. The molecule has 678 valence electrons. The van der Waals surface area contributed by atoms with Gasteiger partial charge in [-0.1, -0.05) is 329 Å². The van der Waals surface area contributed by atoms with Gasteiger partial charge in [-0.05, 0) is 214 Å². The number of rotatable bonds is 40. The highest BCUT2D eigenvalue weighted by Crippen LogP contribution is 2.68. The summed E-state index contributed by atoms with van der Waals surface area (Å²) in [6.45, 7) is 18.7. The number of carbonyl (C=O) groups excluding carboxylic acids is 2. The first-order chi connectivity index (χ1) is 65.9. The predicted octanol–water partition coefficient (Wildman–Crippen LogP) is 35.1. The molecule has 8 heterocycles. The Morgan fingerprint density at radius 3 is 0.970 bits per heavy atom. The van der Waals surface area contributed by atoms with Gasteiger partial charge in [0.15, 0.2) is 0 Å². The van der Waals surface area contributed by atoms with Crippen molar-refractivity contribution in [2.75, 3.05) is 0 Å². The Morgan fingerprint density at radius 1 is 0.299 bits per heavy atom. The van der Waals surface area contributed by atoms with Crippen molar-refractivity contribution in [1.29, 1.82) is 0 Å². The van der Waals surface area contributed by atoms with Crippen molar-refractivity contribution in [3.8, 4) is 83.8 Å². The second-order valence-electron chi connectivity index (χ2n) is 38.4. The molecule has 4 aliphatic carbocycles. The zero-order valence-corrected chi connectivity index (χ0v) is 83.6. The molecule has 0 N–H and O–H groups in total. The van der Waals surface area contributed by atoms with Crippen LogP contribution < -0.4 is 0 Å². The predicted molar refractivity (Wildman–Crippen MR) is 567 cm³/mol. The summed E-state index contributed by atoms with van der Waals surface area (Å²) in [5.74, 6) is 0.729. The van der Waals surface area contributed by atoms with Crippen LogP contribution in [0, 0.1) is 11.8 Å². The summed E-state index contributed by atoms with van der Waals surface area (Å²) in [6, 6.07) is 75.8. The number of hydrogen-bond donors (Lipinski definition) is 0. The van der Waals surface area contributed by atoms with Crippen LogP contribution in [0.3, 0.4) is 0 Å². The van der Waals surface area contributed by atoms with Crippen molar-refractivity contribution in [3.63, 3.8) is 0 Å². The Labute approximate surface area is 813 Å². The fraction of sp³-hybridized carbons (Fsp3) is 0.356. The Balaban J connectivity index is 0.833. The molecule has 21 rings (SSSR count). The van der Waals surface area contributed by atoms with Gasteiger partial charge < -0.3 is 0 Å². The van der Waals surface area contributed by atoms with E-state index < -0.39 is 10.8 Å². The molecule has 0 radical (unpaired) electrons. The summed E-state index contributed by atoms with van der Waals surface area (Å²) in [4.78, 5) is 60.2.